The van der Waals surface area contributed by atoms with Crippen LogP contribution in [0.1, 0.15) is 25.8 Å². The van der Waals surface area contributed by atoms with E-state index in [-0.39, 0.29) is 9.92 Å². The van der Waals surface area contributed by atoms with Gasteiger partial charge in [0.2, 0.25) is 0 Å². The van der Waals surface area contributed by atoms with Crippen LogP contribution in [-0.2, 0) is 6.54 Å². The topological polar surface area (TPSA) is 55.2 Å². The summed E-state index contributed by atoms with van der Waals surface area (Å²) >= 11 is 3.13. The Morgan fingerprint density at radius 1 is 1.65 bits per heavy atom. The quantitative estimate of drug-likeness (QED) is 0.449. The molecule has 0 radical (unpaired) electrons. The van der Waals surface area contributed by atoms with Gasteiger partial charge in [0, 0.05) is 24.0 Å². The lowest BCUT2D eigenvalue weighted by Crippen LogP contribution is -2.25. The van der Waals surface area contributed by atoms with Gasteiger partial charge in [-0.15, -0.1) is 0 Å². The molecule has 1 unspecified atom stereocenters. The lowest BCUT2D eigenvalue weighted by molar-refractivity contribution is -0.380. The average Bonchev–Trinajstić information content (AvgIpc) is 2.75. The molecule has 0 fully saturated rings. The fourth-order valence-electron chi connectivity index (χ4n) is 1.35. The smallest absolute Gasteiger partial charge is 0.310 e. The Hall–Kier alpha value is -0.590. The van der Waals surface area contributed by atoms with Crippen LogP contribution in [0.3, 0.4) is 0 Å². The summed E-state index contributed by atoms with van der Waals surface area (Å²) in [6.45, 7) is 5.02. The molecule has 1 atom stereocenters. The van der Waals surface area contributed by atoms with Crippen molar-refractivity contribution in [2.45, 2.75) is 32.9 Å². The maximum Gasteiger partial charge on any atom is 0.324 e. The van der Waals surface area contributed by atoms with Crippen molar-refractivity contribution in [2.75, 3.05) is 11.5 Å². The van der Waals surface area contributed by atoms with Crippen molar-refractivity contribution in [3.05, 3.63) is 27.1 Å². The molecule has 1 N–H and O–H groups in total. The van der Waals surface area contributed by atoms with Gasteiger partial charge in [0.1, 0.15) is 0 Å². The second-order valence-corrected chi connectivity index (χ2v) is 6.10. The Morgan fingerprint density at radius 3 is 3.00 bits per heavy atom. The lowest BCUT2D eigenvalue weighted by Gasteiger charge is -2.12. The molecular weight excluding hydrogens is 256 g/mol. The molecule has 1 aromatic rings. The Labute approximate surface area is 110 Å². The highest BCUT2D eigenvalue weighted by Gasteiger charge is 2.10. The van der Waals surface area contributed by atoms with Crippen molar-refractivity contribution >= 4 is 28.1 Å². The van der Waals surface area contributed by atoms with Gasteiger partial charge in [-0.2, -0.15) is 11.8 Å². The summed E-state index contributed by atoms with van der Waals surface area (Å²) in [4.78, 5) is 10.2. The molecule has 0 spiro atoms. The number of nitrogens with one attached hydrogen (secondary N) is 1. The van der Waals surface area contributed by atoms with Crippen molar-refractivity contribution < 1.29 is 4.92 Å². The third-order valence-electron chi connectivity index (χ3n) is 2.37. The highest BCUT2D eigenvalue weighted by Crippen LogP contribution is 2.22. The maximum absolute atomic E-state index is 10.5. The fourth-order valence-corrected chi connectivity index (χ4v) is 2.89. The van der Waals surface area contributed by atoms with E-state index in [0.717, 1.165) is 23.5 Å². The minimum atomic E-state index is -0.338. The summed E-state index contributed by atoms with van der Waals surface area (Å²) in [7, 11) is 0. The van der Waals surface area contributed by atoms with Crippen LogP contribution in [0.15, 0.2) is 11.4 Å². The summed E-state index contributed by atoms with van der Waals surface area (Å²) < 4.78 is 0. The Balaban J connectivity index is 2.26. The van der Waals surface area contributed by atoms with E-state index in [9.17, 15) is 10.1 Å². The van der Waals surface area contributed by atoms with E-state index in [2.05, 4.69) is 19.2 Å². The van der Waals surface area contributed by atoms with Crippen LogP contribution in [0.2, 0.25) is 0 Å². The van der Waals surface area contributed by atoms with Gasteiger partial charge in [-0.05, 0) is 30.4 Å². The van der Waals surface area contributed by atoms with E-state index in [1.807, 2.05) is 17.1 Å². The minimum absolute atomic E-state index is 0.219. The summed E-state index contributed by atoms with van der Waals surface area (Å²) in [5.74, 6) is 2.32. The van der Waals surface area contributed by atoms with Crippen LogP contribution < -0.4 is 5.32 Å². The molecule has 1 rings (SSSR count). The first kappa shape index (κ1) is 14.5. The number of hydrogen-bond donors (Lipinski definition) is 1. The van der Waals surface area contributed by atoms with Crippen LogP contribution in [0.25, 0.3) is 0 Å². The maximum atomic E-state index is 10.5. The molecule has 1 heterocycles. The predicted molar refractivity (Wildman–Crippen MR) is 74.9 cm³/mol. The Morgan fingerprint density at radius 2 is 2.41 bits per heavy atom. The van der Waals surface area contributed by atoms with E-state index >= 15 is 0 Å². The molecule has 0 bridgehead atoms. The SMILES string of the molecule is CCSCCC(C)NCc1csc([N+](=O)[O-])c1. The molecule has 6 heteroatoms. The molecule has 0 aliphatic heterocycles. The van der Waals surface area contributed by atoms with Crippen molar-refractivity contribution in [2.24, 2.45) is 0 Å². The van der Waals surface area contributed by atoms with Crippen LogP contribution in [0.5, 0.6) is 0 Å². The van der Waals surface area contributed by atoms with Gasteiger partial charge in [-0.25, -0.2) is 0 Å². The first-order valence-corrected chi connectivity index (χ1v) is 7.69. The third-order valence-corrected chi connectivity index (χ3v) is 4.24. The summed E-state index contributed by atoms with van der Waals surface area (Å²) in [5, 5.41) is 16.0. The van der Waals surface area contributed by atoms with Gasteiger partial charge < -0.3 is 5.32 Å². The number of thiophene rings is 1. The van der Waals surface area contributed by atoms with E-state index < -0.39 is 0 Å². The molecule has 0 saturated heterocycles. The molecule has 0 aliphatic rings. The summed E-state index contributed by atoms with van der Waals surface area (Å²) in [6.07, 6.45) is 1.13. The van der Waals surface area contributed by atoms with E-state index in [4.69, 9.17) is 0 Å². The molecule has 0 amide bonds. The molecule has 0 saturated carbocycles. The zero-order valence-electron chi connectivity index (χ0n) is 10.1. The molecular formula is C11H18N2O2S2. The molecule has 4 nitrogen and oxygen atoms in total. The first-order valence-electron chi connectivity index (χ1n) is 5.66. The van der Waals surface area contributed by atoms with Crippen LogP contribution >= 0.6 is 23.1 Å². The van der Waals surface area contributed by atoms with Crippen molar-refractivity contribution in [3.8, 4) is 0 Å². The van der Waals surface area contributed by atoms with E-state index in [1.165, 1.54) is 11.3 Å². The molecule has 0 aliphatic carbocycles. The number of thioether (sulfide) groups is 1. The lowest BCUT2D eigenvalue weighted by atomic mass is 10.2. The van der Waals surface area contributed by atoms with Gasteiger partial charge in [-0.3, -0.25) is 10.1 Å². The van der Waals surface area contributed by atoms with Gasteiger partial charge in [0.05, 0.1) is 4.92 Å². The summed E-state index contributed by atoms with van der Waals surface area (Å²) in [5.41, 5.74) is 0.997. The zero-order chi connectivity index (χ0) is 12.7. The molecule has 96 valence electrons. The second-order valence-electron chi connectivity index (χ2n) is 3.82. The molecule has 0 aromatic carbocycles. The van der Waals surface area contributed by atoms with Gasteiger partial charge in [0.25, 0.3) is 0 Å². The standard InChI is InChI=1S/C11H18N2O2S2/c1-3-16-5-4-9(2)12-7-10-6-11(13(14)15)17-8-10/h6,8-9,12H,3-5,7H2,1-2H3. The highest BCUT2D eigenvalue weighted by molar-refractivity contribution is 7.99. The first-order chi connectivity index (χ1) is 8.13. The number of nitro groups is 1. The van der Waals surface area contributed by atoms with Crippen molar-refractivity contribution in [1.29, 1.82) is 0 Å². The highest BCUT2D eigenvalue weighted by atomic mass is 32.2. The Kier molecular flexibility index (Phi) is 6.54. The largest absolute Gasteiger partial charge is 0.324 e. The predicted octanol–water partition coefficient (Wildman–Crippen LogP) is 3.28. The number of rotatable bonds is 8. The molecule has 17 heavy (non-hydrogen) atoms. The number of nitrogens with zero attached hydrogens (tertiary/aromatic N) is 1. The number of hydrogen-bond acceptors (Lipinski definition) is 5. The minimum Gasteiger partial charge on any atom is -0.310 e. The van der Waals surface area contributed by atoms with Crippen LogP contribution in [0.4, 0.5) is 5.00 Å². The van der Waals surface area contributed by atoms with Gasteiger partial charge in [0.15, 0.2) is 0 Å². The van der Waals surface area contributed by atoms with E-state index in [1.54, 1.807) is 6.07 Å². The third kappa shape index (κ3) is 5.52. The summed E-state index contributed by atoms with van der Waals surface area (Å²) in [6, 6.07) is 2.10. The normalized spacial score (nSPS) is 12.6. The van der Waals surface area contributed by atoms with Crippen LogP contribution in [-0.4, -0.2) is 22.5 Å². The van der Waals surface area contributed by atoms with Crippen molar-refractivity contribution in [1.82, 2.24) is 5.32 Å². The monoisotopic (exact) mass is 274 g/mol. The van der Waals surface area contributed by atoms with E-state index in [0.29, 0.717) is 12.6 Å². The second kappa shape index (κ2) is 7.68. The average molecular weight is 274 g/mol. The van der Waals surface area contributed by atoms with Crippen LogP contribution in [0, 0.1) is 10.1 Å². The fraction of sp³-hybridized carbons (Fsp3) is 0.636. The Bertz CT molecular complexity index is 355. The van der Waals surface area contributed by atoms with Gasteiger partial charge >= 0.3 is 5.00 Å². The van der Waals surface area contributed by atoms with Gasteiger partial charge in [-0.1, -0.05) is 18.3 Å². The van der Waals surface area contributed by atoms with Crippen molar-refractivity contribution in [3.63, 3.8) is 0 Å². The zero-order valence-corrected chi connectivity index (χ0v) is 11.8. The molecule has 1 aromatic heterocycles.